The van der Waals surface area contributed by atoms with Crippen molar-refractivity contribution in [2.24, 2.45) is 5.84 Å². The second-order valence-corrected chi connectivity index (χ2v) is 11.0. The molecule has 0 amide bonds. The van der Waals surface area contributed by atoms with Crippen LogP contribution in [0, 0.1) is 11.6 Å². The highest BCUT2D eigenvalue weighted by molar-refractivity contribution is 7.99. The summed E-state index contributed by atoms with van der Waals surface area (Å²) in [7, 11) is 0. The molecule has 2 fully saturated rings. The summed E-state index contributed by atoms with van der Waals surface area (Å²) < 4.78 is 40.8. The van der Waals surface area contributed by atoms with Crippen LogP contribution in [0.1, 0.15) is 62.6 Å². The fourth-order valence-corrected chi connectivity index (χ4v) is 5.61. The average Bonchev–Trinajstić information content (AvgIpc) is 3.61. The summed E-state index contributed by atoms with van der Waals surface area (Å²) in [5.41, 5.74) is 2.93. The minimum absolute atomic E-state index is 0.0131. The molecule has 12 heteroatoms. The Morgan fingerprint density at radius 1 is 1.19 bits per heavy atom. The van der Waals surface area contributed by atoms with E-state index in [0.717, 1.165) is 24.7 Å². The summed E-state index contributed by atoms with van der Waals surface area (Å²) in [6.45, 7) is 2.06. The van der Waals surface area contributed by atoms with E-state index in [1.807, 2.05) is 0 Å². The molecule has 2 saturated carbocycles. The fraction of sp³-hybridized carbons (Fsp3) is 0.600. The largest absolute Gasteiger partial charge is 0.387 e. The predicted molar refractivity (Wildman–Crippen MR) is 136 cm³/mol. The first kappa shape index (κ1) is 27.9. The molecule has 0 saturated heterocycles. The first-order chi connectivity index (χ1) is 17.7. The van der Waals surface area contributed by atoms with Crippen LogP contribution in [-0.2, 0) is 6.42 Å². The number of rotatable bonds is 12. The Balaban J connectivity index is 1.44. The third-order valence-electron chi connectivity index (χ3n) is 7.09. The van der Waals surface area contributed by atoms with E-state index in [-0.39, 0.29) is 24.8 Å². The number of halogens is 3. The maximum Gasteiger partial charge on any atom is 0.189 e. The van der Waals surface area contributed by atoms with Gasteiger partial charge in [-0.2, -0.15) is 0 Å². The Bertz CT molecular complexity index is 1100. The van der Waals surface area contributed by atoms with Gasteiger partial charge in [0.05, 0.1) is 11.3 Å². The number of thioether (sulfide) groups is 1. The highest BCUT2D eigenvalue weighted by Crippen LogP contribution is 2.44. The number of alkyl halides is 1. The lowest BCUT2D eigenvalue weighted by molar-refractivity contribution is -0.0929. The van der Waals surface area contributed by atoms with E-state index in [4.69, 9.17) is 5.84 Å². The number of nitrogens with one attached hydrogen (secondary N) is 2. The summed E-state index contributed by atoms with van der Waals surface area (Å²) in [6, 6.07) is 3.91. The maximum absolute atomic E-state index is 13.8. The molecule has 2 aromatic rings. The molecule has 4 rings (SSSR count). The molecule has 1 heterocycles. The zero-order valence-corrected chi connectivity index (χ0v) is 21.4. The normalized spacial score (nSPS) is 28.9. The summed E-state index contributed by atoms with van der Waals surface area (Å²) in [4.78, 5) is 9.29. The number of benzene rings is 1. The average molecular weight is 542 g/mol. The standard InChI is InChI=1S/C25H34F3N5O3S/c1-2-9-37-24-31-18(5-3-4-8-25(36)12-17(28)21(34)22(25)35)20(33-29)23(32-24)30-19-11-14(19)13-6-7-15(26)16(27)10-13/h6-7,10,14,17,19,21-22,33-36H,2-5,8-9,11-12,29H2,1H3,(H,30,31,32)/t14-,17-,19+,21-,22+,25-/m0/s1. The first-order valence-electron chi connectivity index (χ1n) is 12.6. The lowest BCUT2D eigenvalue weighted by Crippen LogP contribution is -2.42. The molecule has 1 aromatic heterocycles. The first-order valence-corrected chi connectivity index (χ1v) is 13.6. The van der Waals surface area contributed by atoms with Crippen molar-refractivity contribution in [1.29, 1.82) is 0 Å². The van der Waals surface area contributed by atoms with E-state index in [1.165, 1.54) is 17.8 Å². The second kappa shape index (κ2) is 11.7. The van der Waals surface area contributed by atoms with Crippen molar-refractivity contribution in [2.45, 2.75) is 93.0 Å². The molecule has 2 aliphatic rings. The Labute approximate surface area is 218 Å². The number of nitrogens with zero attached hydrogens (tertiary/aromatic N) is 2. The lowest BCUT2D eigenvalue weighted by atomic mass is 9.92. The third kappa shape index (κ3) is 6.31. The zero-order chi connectivity index (χ0) is 26.7. The Morgan fingerprint density at radius 2 is 1.97 bits per heavy atom. The predicted octanol–water partition coefficient (Wildman–Crippen LogP) is 3.42. The number of aryl methyl sites for hydroxylation is 1. The van der Waals surface area contributed by atoms with Crippen LogP contribution < -0.4 is 16.6 Å². The lowest BCUT2D eigenvalue weighted by Gasteiger charge is -2.26. The van der Waals surface area contributed by atoms with Crippen molar-refractivity contribution >= 4 is 23.3 Å². The number of hydrogen-bond donors (Lipinski definition) is 6. The van der Waals surface area contributed by atoms with Gasteiger partial charge >= 0.3 is 0 Å². The van der Waals surface area contributed by atoms with Crippen LogP contribution in [0.15, 0.2) is 23.4 Å². The van der Waals surface area contributed by atoms with Crippen LogP contribution in [0.3, 0.4) is 0 Å². The molecule has 37 heavy (non-hydrogen) atoms. The molecule has 6 atom stereocenters. The van der Waals surface area contributed by atoms with Gasteiger partial charge in [-0.3, -0.25) is 5.84 Å². The van der Waals surface area contributed by atoms with Crippen LogP contribution in [0.4, 0.5) is 24.7 Å². The molecule has 7 N–H and O–H groups in total. The molecule has 2 aliphatic carbocycles. The van der Waals surface area contributed by atoms with Crippen molar-refractivity contribution < 1.29 is 28.5 Å². The van der Waals surface area contributed by atoms with E-state index in [2.05, 4.69) is 27.6 Å². The molecule has 0 spiro atoms. The van der Waals surface area contributed by atoms with Gasteiger partial charge in [-0.1, -0.05) is 31.2 Å². The Hall–Kier alpha value is -2.12. The number of anilines is 2. The number of aliphatic hydroxyl groups is 3. The van der Waals surface area contributed by atoms with Gasteiger partial charge in [0.2, 0.25) is 0 Å². The van der Waals surface area contributed by atoms with Crippen LogP contribution >= 0.6 is 11.8 Å². The van der Waals surface area contributed by atoms with Gasteiger partial charge in [0.15, 0.2) is 22.6 Å². The maximum atomic E-state index is 13.8. The number of nitrogen functional groups attached to an aromatic ring is 1. The molecule has 0 radical (unpaired) electrons. The van der Waals surface area contributed by atoms with Crippen molar-refractivity contribution in [1.82, 2.24) is 9.97 Å². The van der Waals surface area contributed by atoms with Gasteiger partial charge < -0.3 is 26.1 Å². The quantitative estimate of drug-likeness (QED) is 0.0785. The van der Waals surface area contributed by atoms with E-state index >= 15 is 0 Å². The smallest absolute Gasteiger partial charge is 0.189 e. The number of unbranched alkanes of at least 4 members (excludes halogenated alkanes) is 1. The minimum Gasteiger partial charge on any atom is -0.387 e. The fourth-order valence-electron chi connectivity index (χ4n) is 4.89. The molecular weight excluding hydrogens is 507 g/mol. The zero-order valence-electron chi connectivity index (χ0n) is 20.6. The minimum atomic E-state index is -1.66. The van der Waals surface area contributed by atoms with Crippen molar-refractivity contribution in [3.8, 4) is 0 Å². The highest BCUT2D eigenvalue weighted by Gasteiger charge is 2.51. The van der Waals surface area contributed by atoms with E-state index in [0.29, 0.717) is 47.2 Å². The van der Waals surface area contributed by atoms with E-state index < -0.39 is 35.6 Å². The monoisotopic (exact) mass is 541 g/mol. The van der Waals surface area contributed by atoms with Gasteiger partial charge in [-0.25, -0.2) is 23.1 Å². The third-order valence-corrected chi connectivity index (χ3v) is 8.15. The second-order valence-electron chi connectivity index (χ2n) is 9.90. The molecule has 1 aromatic carbocycles. The number of hydrazine groups is 1. The van der Waals surface area contributed by atoms with Gasteiger partial charge in [0, 0.05) is 24.1 Å². The Morgan fingerprint density at radius 3 is 2.62 bits per heavy atom. The number of nitrogens with two attached hydrogens (primary N) is 1. The molecule has 8 nitrogen and oxygen atoms in total. The molecular formula is C25H34F3N5O3S. The molecule has 204 valence electrons. The van der Waals surface area contributed by atoms with Crippen LogP contribution in [0.2, 0.25) is 0 Å². The van der Waals surface area contributed by atoms with E-state index in [9.17, 15) is 28.5 Å². The molecule has 0 aliphatic heterocycles. The summed E-state index contributed by atoms with van der Waals surface area (Å²) in [5.74, 6) is 5.45. The van der Waals surface area contributed by atoms with Gasteiger partial charge in [-0.15, -0.1) is 0 Å². The summed E-state index contributed by atoms with van der Waals surface area (Å²) in [5, 5.41) is 34.2. The van der Waals surface area contributed by atoms with Crippen LogP contribution in [0.25, 0.3) is 0 Å². The molecule has 0 bridgehead atoms. The SMILES string of the molecule is CCCSc1nc(CCCC[C@]2(O)C[C@H](F)[C@H](O)[C@H]2O)c(NN)c(N[C@@H]2C[C@H]2c2ccc(F)c(F)c2)n1. The van der Waals surface area contributed by atoms with Crippen LogP contribution in [0.5, 0.6) is 0 Å². The number of aromatic nitrogens is 2. The van der Waals surface area contributed by atoms with E-state index in [1.54, 1.807) is 6.07 Å². The number of hydrogen-bond acceptors (Lipinski definition) is 9. The van der Waals surface area contributed by atoms with Gasteiger partial charge in [0.25, 0.3) is 0 Å². The van der Waals surface area contributed by atoms with Crippen LogP contribution in [-0.4, -0.2) is 61.1 Å². The molecule has 0 unspecified atom stereocenters. The van der Waals surface area contributed by atoms with Crippen molar-refractivity contribution in [2.75, 3.05) is 16.5 Å². The van der Waals surface area contributed by atoms with Gasteiger partial charge in [0.1, 0.15) is 24.1 Å². The Kier molecular flexibility index (Phi) is 8.85. The van der Waals surface area contributed by atoms with Gasteiger partial charge in [-0.05, 0) is 49.8 Å². The van der Waals surface area contributed by atoms with Crippen molar-refractivity contribution in [3.05, 3.63) is 41.1 Å². The summed E-state index contributed by atoms with van der Waals surface area (Å²) >= 11 is 1.51. The summed E-state index contributed by atoms with van der Waals surface area (Å²) in [6.07, 6.45) is -1.70. The highest BCUT2D eigenvalue weighted by atomic mass is 32.2. The van der Waals surface area contributed by atoms with Crippen molar-refractivity contribution in [3.63, 3.8) is 0 Å². The topological polar surface area (TPSA) is 137 Å². The number of aliphatic hydroxyl groups excluding tert-OH is 2.